The first-order valence-corrected chi connectivity index (χ1v) is 6.55. The zero-order valence-corrected chi connectivity index (χ0v) is 12.2. The number of aryl methyl sites for hydroxylation is 2. The maximum absolute atomic E-state index is 12.2. The molecule has 6 heteroatoms. The molecule has 110 valence electrons. The minimum atomic E-state index is -0.422. The van der Waals surface area contributed by atoms with Gasteiger partial charge in [0.2, 0.25) is 5.96 Å². The Labute approximate surface area is 119 Å². The molecule has 6 nitrogen and oxygen atoms in total. The van der Waals surface area contributed by atoms with Crippen molar-refractivity contribution in [1.82, 2.24) is 5.32 Å². The molecule has 0 aliphatic heterocycles. The van der Waals surface area contributed by atoms with Crippen LogP contribution in [0.1, 0.15) is 18.1 Å². The lowest BCUT2D eigenvalue weighted by atomic mass is 10.1. The van der Waals surface area contributed by atoms with E-state index < -0.39 is 6.03 Å². The largest absolute Gasteiger partial charge is 0.380 e. The molecule has 0 unspecified atom stereocenters. The number of ether oxygens (including phenoxy) is 1. The molecule has 0 saturated carbocycles. The normalized spacial score (nSPS) is 10.2. The third-order valence-corrected chi connectivity index (χ3v) is 2.83. The van der Waals surface area contributed by atoms with Gasteiger partial charge in [-0.25, -0.2) is 9.69 Å². The lowest BCUT2D eigenvalue weighted by Gasteiger charge is -2.24. The average molecular weight is 278 g/mol. The molecule has 0 bridgehead atoms. The van der Waals surface area contributed by atoms with E-state index in [9.17, 15) is 4.79 Å². The molecular weight excluding hydrogens is 256 g/mol. The highest BCUT2D eigenvalue weighted by atomic mass is 16.5. The van der Waals surface area contributed by atoms with Gasteiger partial charge in [-0.05, 0) is 31.9 Å². The van der Waals surface area contributed by atoms with Crippen LogP contribution in [0.4, 0.5) is 10.5 Å². The van der Waals surface area contributed by atoms with Crippen molar-refractivity contribution in [3.05, 3.63) is 29.3 Å². The monoisotopic (exact) mass is 278 g/mol. The molecule has 0 heterocycles. The predicted octanol–water partition coefficient (Wildman–Crippen LogP) is 1.75. The van der Waals surface area contributed by atoms with Crippen molar-refractivity contribution in [3.63, 3.8) is 0 Å². The number of urea groups is 1. The molecule has 0 radical (unpaired) electrons. The van der Waals surface area contributed by atoms with Crippen molar-refractivity contribution in [3.8, 4) is 0 Å². The maximum atomic E-state index is 12.2. The van der Waals surface area contributed by atoms with Crippen LogP contribution >= 0.6 is 0 Å². The quantitative estimate of drug-likeness (QED) is 0.435. The first-order valence-electron chi connectivity index (χ1n) is 6.55. The van der Waals surface area contributed by atoms with Gasteiger partial charge in [-0.3, -0.25) is 5.41 Å². The summed E-state index contributed by atoms with van der Waals surface area (Å²) in [6.45, 7) is 7.06. The average Bonchev–Trinajstić information content (AvgIpc) is 2.38. The van der Waals surface area contributed by atoms with Crippen LogP contribution in [0.2, 0.25) is 0 Å². The molecule has 0 aromatic heterocycles. The van der Waals surface area contributed by atoms with Gasteiger partial charge >= 0.3 is 6.03 Å². The Bertz CT molecular complexity index is 468. The van der Waals surface area contributed by atoms with Crippen LogP contribution in [0, 0.1) is 19.3 Å². The van der Waals surface area contributed by atoms with E-state index in [2.05, 4.69) is 5.32 Å². The molecule has 0 spiro atoms. The fourth-order valence-electron chi connectivity index (χ4n) is 1.94. The van der Waals surface area contributed by atoms with E-state index >= 15 is 0 Å². The van der Waals surface area contributed by atoms with Crippen LogP contribution in [0.5, 0.6) is 0 Å². The second-order valence-electron chi connectivity index (χ2n) is 4.39. The van der Waals surface area contributed by atoms with Gasteiger partial charge < -0.3 is 15.8 Å². The Hall–Kier alpha value is -2.08. The SMILES string of the molecule is CCOCCNC(=O)N(C(=N)N)c1c(C)cccc1C. The van der Waals surface area contributed by atoms with Gasteiger partial charge in [0.05, 0.1) is 12.3 Å². The first kappa shape index (κ1) is 16.0. The number of anilines is 1. The molecule has 2 amide bonds. The minimum absolute atomic E-state index is 0.309. The molecule has 0 saturated heterocycles. The zero-order valence-electron chi connectivity index (χ0n) is 12.2. The lowest BCUT2D eigenvalue weighted by Crippen LogP contribution is -2.48. The van der Waals surface area contributed by atoms with Crippen molar-refractivity contribution in [2.45, 2.75) is 20.8 Å². The summed E-state index contributed by atoms with van der Waals surface area (Å²) >= 11 is 0. The summed E-state index contributed by atoms with van der Waals surface area (Å²) in [5.74, 6) is -0.309. The van der Waals surface area contributed by atoms with Gasteiger partial charge in [0, 0.05) is 13.2 Å². The summed E-state index contributed by atoms with van der Waals surface area (Å²) in [7, 11) is 0. The molecule has 0 aliphatic rings. The number of amides is 2. The van der Waals surface area contributed by atoms with Crippen molar-refractivity contribution >= 4 is 17.7 Å². The fraction of sp³-hybridized carbons (Fsp3) is 0.429. The Balaban J connectivity index is 2.89. The first-order chi connectivity index (χ1) is 9.49. The van der Waals surface area contributed by atoms with Crippen molar-refractivity contribution in [1.29, 1.82) is 5.41 Å². The highest BCUT2D eigenvalue weighted by Crippen LogP contribution is 2.24. The van der Waals surface area contributed by atoms with E-state index in [0.29, 0.717) is 25.4 Å². The molecule has 1 aromatic rings. The van der Waals surface area contributed by atoms with E-state index in [-0.39, 0.29) is 5.96 Å². The number of hydrogen-bond donors (Lipinski definition) is 3. The number of guanidine groups is 1. The summed E-state index contributed by atoms with van der Waals surface area (Å²) in [5, 5.41) is 10.3. The summed E-state index contributed by atoms with van der Waals surface area (Å²) in [5.41, 5.74) is 7.98. The molecular formula is C14H22N4O2. The minimum Gasteiger partial charge on any atom is -0.380 e. The number of rotatable bonds is 5. The number of nitrogens with zero attached hydrogens (tertiary/aromatic N) is 1. The summed E-state index contributed by atoms with van der Waals surface area (Å²) in [4.78, 5) is 13.4. The van der Waals surface area contributed by atoms with E-state index in [4.69, 9.17) is 15.9 Å². The van der Waals surface area contributed by atoms with E-state index in [1.165, 1.54) is 4.90 Å². The van der Waals surface area contributed by atoms with Gasteiger partial charge in [0.15, 0.2) is 0 Å². The molecule has 20 heavy (non-hydrogen) atoms. The molecule has 1 aromatic carbocycles. The second-order valence-corrected chi connectivity index (χ2v) is 4.39. The van der Waals surface area contributed by atoms with Crippen LogP contribution in [0.3, 0.4) is 0 Å². The Morgan fingerprint density at radius 2 is 2.00 bits per heavy atom. The number of carbonyl (C=O) groups is 1. The van der Waals surface area contributed by atoms with Crippen molar-refractivity contribution in [2.24, 2.45) is 5.73 Å². The number of para-hydroxylation sites is 1. The topological polar surface area (TPSA) is 91.4 Å². The van der Waals surface area contributed by atoms with Crippen LogP contribution in [0.15, 0.2) is 18.2 Å². The highest BCUT2D eigenvalue weighted by Gasteiger charge is 2.21. The number of carbonyl (C=O) groups excluding carboxylic acids is 1. The van der Waals surface area contributed by atoms with Gasteiger partial charge in [0.25, 0.3) is 0 Å². The highest BCUT2D eigenvalue weighted by molar-refractivity contribution is 6.14. The Morgan fingerprint density at radius 1 is 1.40 bits per heavy atom. The fourth-order valence-corrected chi connectivity index (χ4v) is 1.94. The Kier molecular flexibility index (Phi) is 5.99. The zero-order chi connectivity index (χ0) is 15.1. The molecule has 4 N–H and O–H groups in total. The number of nitrogens with two attached hydrogens (primary N) is 1. The van der Waals surface area contributed by atoms with Gasteiger partial charge in [-0.15, -0.1) is 0 Å². The lowest BCUT2D eigenvalue weighted by molar-refractivity contribution is 0.150. The van der Waals surface area contributed by atoms with Crippen LogP contribution in [-0.2, 0) is 4.74 Å². The van der Waals surface area contributed by atoms with Gasteiger partial charge in [-0.1, -0.05) is 18.2 Å². The van der Waals surface area contributed by atoms with Crippen LogP contribution in [0.25, 0.3) is 0 Å². The van der Waals surface area contributed by atoms with E-state index in [0.717, 1.165) is 11.1 Å². The third-order valence-electron chi connectivity index (χ3n) is 2.83. The standard InChI is InChI=1S/C14H22N4O2/c1-4-20-9-8-17-14(19)18(13(15)16)12-10(2)6-5-7-11(12)3/h5-7H,4,8-9H2,1-3H3,(H3,15,16)(H,17,19). The van der Waals surface area contributed by atoms with Crippen molar-refractivity contribution in [2.75, 3.05) is 24.7 Å². The smallest absolute Gasteiger partial charge is 0.328 e. The molecule has 0 aliphatic carbocycles. The summed E-state index contributed by atoms with van der Waals surface area (Å²) in [6.07, 6.45) is 0. The molecule has 0 fully saturated rings. The number of nitrogens with one attached hydrogen (secondary N) is 2. The van der Waals surface area contributed by atoms with Crippen molar-refractivity contribution < 1.29 is 9.53 Å². The van der Waals surface area contributed by atoms with E-state index in [1.54, 1.807) is 0 Å². The van der Waals surface area contributed by atoms with Crippen LogP contribution in [-0.4, -0.2) is 31.7 Å². The van der Waals surface area contributed by atoms with Gasteiger partial charge in [-0.2, -0.15) is 0 Å². The third kappa shape index (κ3) is 3.96. The van der Waals surface area contributed by atoms with Gasteiger partial charge in [0.1, 0.15) is 0 Å². The number of benzene rings is 1. The maximum Gasteiger partial charge on any atom is 0.328 e. The summed E-state index contributed by atoms with van der Waals surface area (Å²) in [6, 6.07) is 5.24. The molecule has 0 atom stereocenters. The van der Waals surface area contributed by atoms with E-state index in [1.807, 2.05) is 39.0 Å². The predicted molar refractivity (Wildman–Crippen MR) is 80.2 cm³/mol. The molecule has 1 rings (SSSR count). The summed E-state index contributed by atoms with van der Waals surface area (Å²) < 4.78 is 5.16. The number of hydrogen-bond acceptors (Lipinski definition) is 3. The van der Waals surface area contributed by atoms with Crippen LogP contribution < -0.4 is 16.0 Å². The Morgan fingerprint density at radius 3 is 2.50 bits per heavy atom. The second kappa shape index (κ2) is 7.49.